The van der Waals surface area contributed by atoms with Crippen molar-refractivity contribution in [3.05, 3.63) is 11.9 Å². The number of aromatic nitrogens is 3. The van der Waals surface area contributed by atoms with Crippen LogP contribution in [0.3, 0.4) is 0 Å². The summed E-state index contributed by atoms with van der Waals surface area (Å²) in [6.45, 7) is 2.05. The fraction of sp³-hybridized carbons (Fsp3) is 0.667. The van der Waals surface area contributed by atoms with Gasteiger partial charge in [-0.15, -0.1) is 5.10 Å². The van der Waals surface area contributed by atoms with Crippen LogP contribution in [0.2, 0.25) is 0 Å². The summed E-state index contributed by atoms with van der Waals surface area (Å²) in [4.78, 5) is 13.7. The van der Waals surface area contributed by atoms with Crippen molar-refractivity contribution < 1.29 is 9.00 Å². The molecule has 0 unspecified atom stereocenters. The second-order valence-electron chi connectivity index (χ2n) is 3.80. The van der Waals surface area contributed by atoms with E-state index in [4.69, 9.17) is 5.73 Å². The minimum Gasteiger partial charge on any atom is -0.335 e. The molecule has 17 heavy (non-hydrogen) atoms. The maximum Gasteiger partial charge on any atom is 0.276 e. The van der Waals surface area contributed by atoms with Gasteiger partial charge in [0.2, 0.25) is 0 Å². The lowest BCUT2D eigenvalue weighted by molar-refractivity contribution is 0.0765. The number of nitrogens with two attached hydrogens (primary N) is 1. The molecule has 94 valence electrons. The molecule has 0 aromatic carbocycles. The van der Waals surface area contributed by atoms with Gasteiger partial charge >= 0.3 is 0 Å². The first-order valence-corrected chi connectivity index (χ1v) is 6.94. The zero-order chi connectivity index (χ0) is 12.3. The molecule has 2 heterocycles. The van der Waals surface area contributed by atoms with Crippen molar-refractivity contribution in [1.82, 2.24) is 19.9 Å². The number of amides is 1. The fourth-order valence-corrected chi connectivity index (χ4v) is 2.69. The Morgan fingerprint density at radius 3 is 2.82 bits per heavy atom. The Hall–Kier alpha value is -1.28. The fourth-order valence-electron chi connectivity index (χ4n) is 1.64. The molecule has 2 rings (SSSR count). The van der Waals surface area contributed by atoms with Crippen LogP contribution in [-0.2, 0) is 17.3 Å². The van der Waals surface area contributed by atoms with Crippen LogP contribution in [0.5, 0.6) is 0 Å². The summed E-state index contributed by atoms with van der Waals surface area (Å²) in [5.74, 6) is 0.940. The number of hydrogen-bond acceptors (Lipinski definition) is 5. The van der Waals surface area contributed by atoms with Crippen molar-refractivity contribution >= 4 is 16.7 Å². The Morgan fingerprint density at radius 1 is 1.47 bits per heavy atom. The molecule has 8 heteroatoms. The summed E-state index contributed by atoms with van der Waals surface area (Å²) in [5.41, 5.74) is 5.71. The molecule has 1 amide bonds. The standard InChI is InChI=1S/C9H15N5O2S/c10-1-2-14-7-8(11-12-14)9(15)13-3-5-17(16)6-4-13/h7H,1-6,10H2. The van der Waals surface area contributed by atoms with Crippen LogP contribution in [0.15, 0.2) is 6.20 Å². The third kappa shape index (κ3) is 2.89. The lowest BCUT2D eigenvalue weighted by Gasteiger charge is -2.25. The van der Waals surface area contributed by atoms with E-state index in [1.807, 2.05) is 0 Å². The molecule has 7 nitrogen and oxygen atoms in total. The molecule has 1 aromatic rings. The summed E-state index contributed by atoms with van der Waals surface area (Å²) >= 11 is 0. The molecule has 0 atom stereocenters. The Morgan fingerprint density at radius 2 is 2.18 bits per heavy atom. The Bertz CT molecular complexity index is 423. The molecule has 2 N–H and O–H groups in total. The molecule has 0 bridgehead atoms. The second kappa shape index (κ2) is 5.37. The number of hydrogen-bond donors (Lipinski definition) is 1. The van der Waals surface area contributed by atoms with Crippen molar-refractivity contribution in [2.24, 2.45) is 5.73 Å². The van der Waals surface area contributed by atoms with Crippen LogP contribution in [0.1, 0.15) is 10.5 Å². The minimum atomic E-state index is -0.783. The van der Waals surface area contributed by atoms with Crippen molar-refractivity contribution in [1.29, 1.82) is 0 Å². The molecule has 1 aliphatic rings. The highest BCUT2D eigenvalue weighted by Crippen LogP contribution is 2.05. The van der Waals surface area contributed by atoms with Gasteiger partial charge in [-0.05, 0) is 0 Å². The van der Waals surface area contributed by atoms with E-state index in [-0.39, 0.29) is 5.91 Å². The van der Waals surface area contributed by atoms with Gasteiger partial charge in [-0.1, -0.05) is 5.21 Å². The largest absolute Gasteiger partial charge is 0.335 e. The molecule has 1 aromatic heterocycles. The van der Waals surface area contributed by atoms with Crippen LogP contribution in [0.4, 0.5) is 0 Å². The van der Waals surface area contributed by atoms with Crippen LogP contribution < -0.4 is 5.73 Å². The van der Waals surface area contributed by atoms with Crippen LogP contribution >= 0.6 is 0 Å². The van der Waals surface area contributed by atoms with Gasteiger partial charge in [-0.3, -0.25) is 13.7 Å². The predicted octanol–water partition coefficient (Wildman–Crippen LogP) is -1.56. The van der Waals surface area contributed by atoms with Gasteiger partial charge in [0.25, 0.3) is 5.91 Å². The molecular formula is C9H15N5O2S. The quantitative estimate of drug-likeness (QED) is 0.707. The van der Waals surface area contributed by atoms with Gasteiger partial charge in [-0.2, -0.15) is 0 Å². The zero-order valence-electron chi connectivity index (χ0n) is 9.41. The summed E-state index contributed by atoms with van der Waals surface area (Å²) in [6, 6.07) is 0. The van der Waals surface area contributed by atoms with Crippen LogP contribution in [-0.4, -0.2) is 61.1 Å². The Kier molecular flexibility index (Phi) is 3.85. The average Bonchev–Trinajstić information content (AvgIpc) is 2.78. The topological polar surface area (TPSA) is 94.1 Å². The van der Waals surface area contributed by atoms with Crippen LogP contribution in [0, 0.1) is 0 Å². The van der Waals surface area contributed by atoms with E-state index in [1.165, 1.54) is 0 Å². The predicted molar refractivity (Wildman–Crippen MR) is 62.9 cm³/mol. The van der Waals surface area contributed by atoms with E-state index in [0.717, 1.165) is 0 Å². The third-order valence-corrected chi connectivity index (χ3v) is 3.86. The van der Waals surface area contributed by atoms with E-state index in [9.17, 15) is 9.00 Å². The van der Waals surface area contributed by atoms with E-state index >= 15 is 0 Å². The number of carbonyl (C=O) groups excluding carboxylic acids is 1. The normalized spacial score (nSPS) is 17.4. The monoisotopic (exact) mass is 257 g/mol. The molecule has 0 aliphatic carbocycles. The Balaban J connectivity index is 2.01. The van der Waals surface area contributed by atoms with Crippen molar-refractivity contribution in [3.63, 3.8) is 0 Å². The molecule has 1 fully saturated rings. The van der Waals surface area contributed by atoms with E-state index < -0.39 is 10.8 Å². The van der Waals surface area contributed by atoms with Gasteiger partial charge in [0, 0.05) is 41.9 Å². The maximum absolute atomic E-state index is 12.0. The first-order chi connectivity index (χ1) is 8.20. The molecule has 0 spiro atoms. The first kappa shape index (κ1) is 12.2. The smallest absolute Gasteiger partial charge is 0.276 e. The van der Waals surface area contributed by atoms with Gasteiger partial charge in [0.1, 0.15) is 0 Å². The van der Waals surface area contributed by atoms with Crippen molar-refractivity contribution in [2.75, 3.05) is 31.1 Å². The minimum absolute atomic E-state index is 0.148. The molecular weight excluding hydrogens is 242 g/mol. The highest BCUT2D eigenvalue weighted by atomic mass is 32.2. The van der Waals surface area contributed by atoms with Gasteiger partial charge in [0.05, 0.1) is 12.7 Å². The SMILES string of the molecule is NCCn1cc(C(=O)N2CCS(=O)CC2)nn1. The maximum atomic E-state index is 12.0. The van der Waals surface area contributed by atoms with Gasteiger partial charge < -0.3 is 10.6 Å². The van der Waals surface area contributed by atoms with Gasteiger partial charge in [0.15, 0.2) is 5.69 Å². The average molecular weight is 257 g/mol. The van der Waals surface area contributed by atoms with E-state index in [1.54, 1.807) is 15.8 Å². The molecule has 0 saturated carbocycles. The lowest BCUT2D eigenvalue weighted by Crippen LogP contribution is -2.41. The lowest BCUT2D eigenvalue weighted by atomic mass is 10.3. The Labute approximate surface area is 101 Å². The van der Waals surface area contributed by atoms with Crippen LogP contribution in [0.25, 0.3) is 0 Å². The summed E-state index contributed by atoms with van der Waals surface area (Å²) in [5, 5.41) is 7.64. The summed E-state index contributed by atoms with van der Waals surface area (Å²) in [7, 11) is -0.783. The highest BCUT2D eigenvalue weighted by molar-refractivity contribution is 7.85. The van der Waals surface area contributed by atoms with Crippen molar-refractivity contribution in [3.8, 4) is 0 Å². The summed E-state index contributed by atoms with van der Waals surface area (Å²) in [6.07, 6.45) is 1.60. The van der Waals surface area contributed by atoms with E-state index in [0.29, 0.717) is 43.4 Å². The molecule has 0 radical (unpaired) electrons. The number of nitrogens with zero attached hydrogens (tertiary/aromatic N) is 4. The van der Waals surface area contributed by atoms with Crippen molar-refractivity contribution in [2.45, 2.75) is 6.54 Å². The van der Waals surface area contributed by atoms with E-state index in [2.05, 4.69) is 10.3 Å². The third-order valence-electron chi connectivity index (χ3n) is 2.58. The second-order valence-corrected chi connectivity index (χ2v) is 5.49. The number of rotatable bonds is 3. The molecule has 1 saturated heterocycles. The first-order valence-electron chi connectivity index (χ1n) is 5.45. The zero-order valence-corrected chi connectivity index (χ0v) is 10.2. The number of carbonyl (C=O) groups is 1. The highest BCUT2D eigenvalue weighted by Gasteiger charge is 2.23. The summed E-state index contributed by atoms with van der Waals surface area (Å²) < 4.78 is 12.7. The molecule has 1 aliphatic heterocycles. The van der Waals surface area contributed by atoms with Gasteiger partial charge in [-0.25, -0.2) is 0 Å².